The molecule has 2 heterocycles. The van der Waals surface area contributed by atoms with Crippen molar-refractivity contribution in [3.8, 4) is 0 Å². The Kier molecular flexibility index (Phi) is 4.91. The smallest absolute Gasteiger partial charge is 0.410 e. The summed E-state index contributed by atoms with van der Waals surface area (Å²) < 4.78 is 10.5. The van der Waals surface area contributed by atoms with Crippen LogP contribution in [0.25, 0.3) is 0 Å². The highest BCUT2D eigenvalue weighted by Crippen LogP contribution is 2.31. The first kappa shape index (κ1) is 15.6. The lowest BCUT2D eigenvalue weighted by atomic mass is 10.0. The second-order valence-corrected chi connectivity index (χ2v) is 7.01. The van der Waals surface area contributed by atoms with Gasteiger partial charge in [0.25, 0.3) is 0 Å². The van der Waals surface area contributed by atoms with Crippen molar-refractivity contribution in [2.24, 2.45) is 11.8 Å². The molecule has 116 valence electrons. The van der Waals surface area contributed by atoms with Crippen molar-refractivity contribution in [1.82, 2.24) is 9.80 Å². The minimum absolute atomic E-state index is 0.155. The van der Waals surface area contributed by atoms with Crippen LogP contribution < -0.4 is 0 Å². The molecule has 0 aromatic rings. The molecule has 2 rings (SSSR count). The molecule has 2 unspecified atom stereocenters. The maximum absolute atomic E-state index is 12.1. The second-order valence-electron chi connectivity index (χ2n) is 7.01. The van der Waals surface area contributed by atoms with Crippen molar-refractivity contribution >= 4 is 6.09 Å². The molecule has 2 saturated heterocycles. The molecule has 0 aliphatic carbocycles. The third-order valence-electron chi connectivity index (χ3n) is 4.04. The molecular formula is C15H28N2O3. The molecule has 0 bridgehead atoms. The number of methoxy groups -OCH3 is 1. The van der Waals surface area contributed by atoms with E-state index in [0.29, 0.717) is 11.8 Å². The molecule has 2 fully saturated rings. The van der Waals surface area contributed by atoms with Crippen LogP contribution in [0.2, 0.25) is 0 Å². The first-order valence-electron chi connectivity index (χ1n) is 7.58. The van der Waals surface area contributed by atoms with Crippen molar-refractivity contribution in [3.63, 3.8) is 0 Å². The van der Waals surface area contributed by atoms with E-state index in [9.17, 15) is 4.79 Å². The van der Waals surface area contributed by atoms with Gasteiger partial charge in [-0.25, -0.2) is 4.79 Å². The van der Waals surface area contributed by atoms with E-state index in [4.69, 9.17) is 9.47 Å². The molecule has 0 spiro atoms. The summed E-state index contributed by atoms with van der Waals surface area (Å²) >= 11 is 0. The quantitative estimate of drug-likeness (QED) is 0.739. The first-order valence-corrected chi connectivity index (χ1v) is 7.58. The zero-order chi connectivity index (χ0) is 14.8. The standard InChI is InChI=1S/C15H28N2O3/c1-15(2,3)20-14(18)17-10-12-8-16(6-5-7-19-4)9-13(12)11-17/h12-13H,5-11H2,1-4H3. The fraction of sp³-hybridized carbons (Fsp3) is 0.933. The van der Waals surface area contributed by atoms with Crippen molar-refractivity contribution in [1.29, 1.82) is 0 Å². The largest absolute Gasteiger partial charge is 0.444 e. The SMILES string of the molecule is COCCCN1CC2CN(C(=O)OC(C)(C)C)CC2C1. The highest BCUT2D eigenvalue weighted by molar-refractivity contribution is 5.68. The normalized spacial score (nSPS) is 26.9. The lowest BCUT2D eigenvalue weighted by molar-refractivity contribution is 0.0274. The summed E-state index contributed by atoms with van der Waals surface area (Å²) in [4.78, 5) is 16.4. The number of nitrogens with zero attached hydrogens (tertiary/aromatic N) is 2. The molecule has 0 saturated carbocycles. The van der Waals surface area contributed by atoms with Gasteiger partial charge in [-0.3, -0.25) is 0 Å². The molecule has 5 nitrogen and oxygen atoms in total. The van der Waals surface area contributed by atoms with Gasteiger partial charge in [-0.2, -0.15) is 0 Å². The van der Waals surface area contributed by atoms with E-state index in [2.05, 4.69) is 4.90 Å². The number of hydrogen-bond acceptors (Lipinski definition) is 4. The number of likely N-dealkylation sites (tertiary alicyclic amines) is 2. The zero-order valence-electron chi connectivity index (χ0n) is 13.2. The van der Waals surface area contributed by atoms with Crippen molar-refractivity contribution < 1.29 is 14.3 Å². The van der Waals surface area contributed by atoms with Gasteiger partial charge < -0.3 is 19.3 Å². The predicted octanol–water partition coefficient (Wildman–Crippen LogP) is 1.82. The number of carbonyl (C=O) groups is 1. The van der Waals surface area contributed by atoms with Crippen molar-refractivity contribution in [2.75, 3.05) is 46.4 Å². The van der Waals surface area contributed by atoms with E-state index in [1.807, 2.05) is 25.7 Å². The number of carbonyl (C=O) groups excluding carboxylic acids is 1. The Morgan fingerprint density at radius 3 is 2.25 bits per heavy atom. The summed E-state index contributed by atoms with van der Waals surface area (Å²) in [5.74, 6) is 1.23. The number of hydrogen-bond donors (Lipinski definition) is 0. The Hall–Kier alpha value is -0.810. The molecule has 2 atom stereocenters. The van der Waals surface area contributed by atoms with Crippen LogP contribution in [0.3, 0.4) is 0 Å². The summed E-state index contributed by atoms with van der Waals surface area (Å²) in [5, 5.41) is 0. The highest BCUT2D eigenvalue weighted by atomic mass is 16.6. The summed E-state index contributed by atoms with van der Waals surface area (Å²) in [5.41, 5.74) is -0.402. The second kappa shape index (κ2) is 6.31. The van der Waals surface area contributed by atoms with Crippen LogP contribution >= 0.6 is 0 Å². The molecule has 0 aromatic heterocycles. The molecule has 2 aliphatic rings. The average molecular weight is 284 g/mol. The minimum atomic E-state index is -0.402. The lowest BCUT2D eigenvalue weighted by Gasteiger charge is -2.26. The minimum Gasteiger partial charge on any atom is -0.444 e. The van der Waals surface area contributed by atoms with Gasteiger partial charge in [-0.15, -0.1) is 0 Å². The van der Waals surface area contributed by atoms with Crippen LogP contribution in [0.4, 0.5) is 4.79 Å². The van der Waals surface area contributed by atoms with Crippen LogP contribution in [0.1, 0.15) is 27.2 Å². The summed E-state index contributed by atoms with van der Waals surface area (Å²) in [6.45, 7) is 11.6. The van der Waals surface area contributed by atoms with Gasteiger partial charge in [0.05, 0.1) is 0 Å². The van der Waals surface area contributed by atoms with Gasteiger partial charge in [0.1, 0.15) is 5.60 Å². The van der Waals surface area contributed by atoms with E-state index in [0.717, 1.165) is 45.8 Å². The molecule has 5 heteroatoms. The third-order valence-corrected chi connectivity index (χ3v) is 4.04. The van der Waals surface area contributed by atoms with Crippen LogP contribution in [0.15, 0.2) is 0 Å². The highest BCUT2D eigenvalue weighted by Gasteiger charge is 2.42. The molecule has 1 amide bonds. The molecule has 0 N–H and O–H groups in total. The van der Waals surface area contributed by atoms with Gasteiger partial charge in [0, 0.05) is 46.4 Å². The van der Waals surface area contributed by atoms with Crippen LogP contribution in [-0.4, -0.2) is 67.9 Å². The summed E-state index contributed by atoms with van der Waals surface area (Å²) in [6.07, 6.45) is 0.934. The van der Waals surface area contributed by atoms with E-state index in [1.165, 1.54) is 0 Å². The Bertz CT molecular complexity index is 327. The van der Waals surface area contributed by atoms with Gasteiger partial charge in [0.15, 0.2) is 0 Å². The van der Waals surface area contributed by atoms with Crippen LogP contribution in [0.5, 0.6) is 0 Å². The first-order chi connectivity index (χ1) is 9.39. The molecule has 2 aliphatic heterocycles. The average Bonchev–Trinajstić information content (AvgIpc) is 2.84. The molecule has 20 heavy (non-hydrogen) atoms. The number of ether oxygens (including phenoxy) is 2. The molecular weight excluding hydrogens is 256 g/mol. The zero-order valence-corrected chi connectivity index (χ0v) is 13.2. The van der Waals surface area contributed by atoms with Gasteiger partial charge >= 0.3 is 6.09 Å². The third kappa shape index (κ3) is 4.09. The Morgan fingerprint density at radius 2 is 1.75 bits per heavy atom. The van der Waals surface area contributed by atoms with E-state index in [-0.39, 0.29) is 6.09 Å². The Labute approximate surface area is 122 Å². The van der Waals surface area contributed by atoms with Gasteiger partial charge in [-0.1, -0.05) is 0 Å². The monoisotopic (exact) mass is 284 g/mol. The lowest BCUT2D eigenvalue weighted by Crippen LogP contribution is -2.37. The fourth-order valence-electron chi connectivity index (χ4n) is 3.18. The Morgan fingerprint density at radius 1 is 1.15 bits per heavy atom. The number of rotatable bonds is 4. The van der Waals surface area contributed by atoms with Crippen molar-refractivity contribution in [2.45, 2.75) is 32.8 Å². The fourth-order valence-corrected chi connectivity index (χ4v) is 3.18. The van der Waals surface area contributed by atoms with Crippen molar-refractivity contribution in [3.05, 3.63) is 0 Å². The number of fused-ring (bicyclic) bond motifs is 1. The number of amides is 1. The van der Waals surface area contributed by atoms with E-state index in [1.54, 1.807) is 7.11 Å². The maximum Gasteiger partial charge on any atom is 0.410 e. The molecule has 0 aromatic carbocycles. The molecule has 0 radical (unpaired) electrons. The Balaban J connectivity index is 1.75. The van der Waals surface area contributed by atoms with E-state index < -0.39 is 5.60 Å². The van der Waals surface area contributed by atoms with Crippen LogP contribution in [0, 0.1) is 11.8 Å². The summed E-state index contributed by atoms with van der Waals surface area (Å²) in [6, 6.07) is 0. The predicted molar refractivity (Wildman–Crippen MR) is 77.7 cm³/mol. The van der Waals surface area contributed by atoms with E-state index >= 15 is 0 Å². The topological polar surface area (TPSA) is 42.0 Å². The van der Waals surface area contributed by atoms with Gasteiger partial charge in [0.2, 0.25) is 0 Å². The van der Waals surface area contributed by atoms with Crippen LogP contribution in [-0.2, 0) is 9.47 Å². The van der Waals surface area contributed by atoms with Gasteiger partial charge in [-0.05, 0) is 39.0 Å². The maximum atomic E-state index is 12.1. The summed E-state index contributed by atoms with van der Waals surface area (Å²) in [7, 11) is 1.75.